The number of nitrogens with zero attached hydrogens (tertiary/aromatic N) is 3. The van der Waals surface area contributed by atoms with Gasteiger partial charge in [0.1, 0.15) is 0 Å². The van der Waals surface area contributed by atoms with Crippen molar-refractivity contribution < 1.29 is 0 Å². The Balaban J connectivity index is 1.21. The van der Waals surface area contributed by atoms with E-state index >= 15 is 0 Å². The highest BCUT2D eigenvalue weighted by Gasteiger charge is 2.43. The highest BCUT2D eigenvalue weighted by atomic mass is 15.2. The zero-order valence-corrected chi connectivity index (χ0v) is 29.5. The summed E-state index contributed by atoms with van der Waals surface area (Å²) in [5.41, 5.74) is 14.4. The molecule has 0 saturated carbocycles. The van der Waals surface area contributed by atoms with Crippen molar-refractivity contribution in [3.63, 3.8) is 0 Å². The third kappa shape index (κ3) is 4.63. The van der Waals surface area contributed by atoms with Crippen LogP contribution >= 0.6 is 0 Å². The normalized spacial score (nSPS) is 12.7. The largest absolute Gasteiger partial charge is 0.311 e. The molecule has 0 N–H and O–H groups in total. The van der Waals surface area contributed by atoms with Gasteiger partial charge in [-0.1, -0.05) is 140 Å². The SMILES string of the molecule is c1ccc(N(c2ccccc2)c2ccc3c(c2)N(c2cccc4ccccc24)c2cccc4c2B3c2ccccc2N4c2cccc3ccccc23)cc1. The minimum Gasteiger partial charge on any atom is -0.311 e. The maximum absolute atomic E-state index is 2.53. The lowest BCUT2D eigenvalue weighted by molar-refractivity contribution is 1.25. The second kappa shape index (κ2) is 12.3. The van der Waals surface area contributed by atoms with Crippen LogP contribution in [0, 0.1) is 0 Å². The number of hydrogen-bond donors (Lipinski definition) is 0. The quantitative estimate of drug-likeness (QED) is 0.167. The Morgan fingerprint density at radius 2 is 0.759 bits per heavy atom. The van der Waals surface area contributed by atoms with Crippen molar-refractivity contribution in [3.8, 4) is 0 Å². The smallest absolute Gasteiger partial charge is 0.252 e. The number of hydrogen-bond acceptors (Lipinski definition) is 3. The lowest BCUT2D eigenvalue weighted by Gasteiger charge is -2.44. The lowest BCUT2D eigenvalue weighted by atomic mass is 9.33. The molecule has 2 aliphatic heterocycles. The zero-order chi connectivity index (χ0) is 35.6. The van der Waals surface area contributed by atoms with Crippen LogP contribution in [0.25, 0.3) is 21.5 Å². The van der Waals surface area contributed by atoms with E-state index in [-0.39, 0.29) is 6.71 Å². The molecule has 2 heterocycles. The average Bonchev–Trinajstić information content (AvgIpc) is 3.24. The molecule has 9 aromatic carbocycles. The molecule has 11 rings (SSSR count). The fourth-order valence-electron chi connectivity index (χ4n) is 8.94. The highest BCUT2D eigenvalue weighted by Crippen LogP contribution is 2.47. The van der Waals surface area contributed by atoms with E-state index in [0.717, 1.165) is 17.1 Å². The highest BCUT2D eigenvalue weighted by molar-refractivity contribution is 7.00. The molecular weight excluding hydrogens is 653 g/mol. The van der Waals surface area contributed by atoms with Gasteiger partial charge < -0.3 is 14.7 Å². The molecule has 0 atom stereocenters. The molecule has 3 nitrogen and oxygen atoms in total. The van der Waals surface area contributed by atoms with Crippen LogP contribution in [0.2, 0.25) is 0 Å². The lowest BCUT2D eigenvalue weighted by Crippen LogP contribution is -2.61. The Hall–Kier alpha value is -7.04. The number of rotatable bonds is 5. The maximum atomic E-state index is 2.53. The van der Waals surface area contributed by atoms with Crippen LogP contribution in [0.1, 0.15) is 0 Å². The molecule has 54 heavy (non-hydrogen) atoms. The second-order valence-corrected chi connectivity index (χ2v) is 14.1. The van der Waals surface area contributed by atoms with Crippen molar-refractivity contribution >= 4 is 95.8 Å². The molecule has 0 spiro atoms. The third-order valence-corrected chi connectivity index (χ3v) is 11.2. The molecule has 0 radical (unpaired) electrons. The predicted molar refractivity (Wildman–Crippen MR) is 230 cm³/mol. The average molecular weight is 688 g/mol. The molecule has 0 aromatic heterocycles. The van der Waals surface area contributed by atoms with Gasteiger partial charge in [0.25, 0.3) is 6.71 Å². The van der Waals surface area contributed by atoms with E-state index in [4.69, 9.17) is 0 Å². The molecule has 0 bridgehead atoms. The molecule has 252 valence electrons. The summed E-state index contributed by atoms with van der Waals surface area (Å²) in [5.74, 6) is 0. The minimum absolute atomic E-state index is 0.0378. The summed E-state index contributed by atoms with van der Waals surface area (Å²) in [4.78, 5) is 7.39. The van der Waals surface area contributed by atoms with Gasteiger partial charge in [-0.3, -0.25) is 0 Å². The van der Waals surface area contributed by atoms with Gasteiger partial charge in [0.2, 0.25) is 0 Å². The first-order valence-corrected chi connectivity index (χ1v) is 18.7. The molecule has 0 aliphatic carbocycles. The van der Waals surface area contributed by atoms with Crippen molar-refractivity contribution in [2.75, 3.05) is 14.7 Å². The van der Waals surface area contributed by atoms with Crippen molar-refractivity contribution in [2.45, 2.75) is 0 Å². The third-order valence-electron chi connectivity index (χ3n) is 11.2. The van der Waals surface area contributed by atoms with E-state index in [2.05, 4.69) is 221 Å². The first-order valence-electron chi connectivity index (χ1n) is 18.7. The van der Waals surface area contributed by atoms with Crippen molar-refractivity contribution in [1.29, 1.82) is 0 Å². The van der Waals surface area contributed by atoms with Crippen LogP contribution in [0.15, 0.2) is 206 Å². The standard InChI is InChI=1S/C50H34BN3/c1-3-20-37(21-4-1)52(38-22-5-2-6-23-38)39-32-33-43-49(34-39)54(45-29-14-19-36-17-8-10-25-41(36)45)48-31-15-30-47-50(48)51(43)42-26-11-12-27-46(42)53(47)44-28-13-18-35-16-7-9-24-40(35)44/h1-34H. The summed E-state index contributed by atoms with van der Waals surface area (Å²) in [6.45, 7) is 0.0378. The maximum Gasteiger partial charge on any atom is 0.252 e. The molecule has 0 unspecified atom stereocenters. The van der Waals surface area contributed by atoms with E-state index in [0.29, 0.717) is 0 Å². The number of anilines is 9. The van der Waals surface area contributed by atoms with Gasteiger partial charge in [-0.15, -0.1) is 0 Å². The van der Waals surface area contributed by atoms with E-state index in [9.17, 15) is 0 Å². The summed E-state index contributed by atoms with van der Waals surface area (Å²) < 4.78 is 0. The number of para-hydroxylation sites is 3. The van der Waals surface area contributed by atoms with Gasteiger partial charge in [-0.2, -0.15) is 0 Å². The summed E-state index contributed by atoms with van der Waals surface area (Å²) in [6, 6.07) is 75.2. The molecule has 9 aromatic rings. The number of benzene rings is 9. The van der Waals surface area contributed by atoms with E-state index < -0.39 is 0 Å². The summed E-state index contributed by atoms with van der Waals surface area (Å²) in [6.07, 6.45) is 0. The van der Waals surface area contributed by atoms with Gasteiger partial charge in [0.05, 0.1) is 11.4 Å². The Labute approximate surface area is 315 Å². The Morgan fingerprint density at radius 3 is 1.39 bits per heavy atom. The van der Waals surface area contributed by atoms with Gasteiger partial charge in [-0.25, -0.2) is 0 Å². The Kier molecular flexibility index (Phi) is 6.96. The summed E-state index contributed by atoms with van der Waals surface area (Å²) in [5, 5.41) is 4.91. The minimum atomic E-state index is 0.0378. The predicted octanol–water partition coefficient (Wildman–Crippen LogP) is 11.5. The fourth-order valence-corrected chi connectivity index (χ4v) is 8.94. The first kappa shape index (κ1) is 30.6. The van der Waals surface area contributed by atoms with Crippen LogP contribution < -0.4 is 31.1 Å². The Morgan fingerprint density at radius 1 is 0.315 bits per heavy atom. The van der Waals surface area contributed by atoms with Crippen molar-refractivity contribution in [2.24, 2.45) is 0 Å². The second-order valence-electron chi connectivity index (χ2n) is 14.1. The van der Waals surface area contributed by atoms with Gasteiger partial charge in [-0.05, 0) is 93.9 Å². The first-order chi connectivity index (χ1) is 26.8. The van der Waals surface area contributed by atoms with Crippen LogP contribution in [0.5, 0.6) is 0 Å². The zero-order valence-electron chi connectivity index (χ0n) is 29.5. The molecule has 0 fully saturated rings. The molecule has 0 saturated heterocycles. The molecule has 2 aliphatic rings. The summed E-state index contributed by atoms with van der Waals surface area (Å²) in [7, 11) is 0. The van der Waals surface area contributed by atoms with Crippen molar-refractivity contribution in [3.05, 3.63) is 206 Å². The van der Waals surface area contributed by atoms with Crippen LogP contribution in [0.4, 0.5) is 51.2 Å². The number of fused-ring (bicyclic) bond motifs is 6. The van der Waals surface area contributed by atoms with Crippen LogP contribution in [0.3, 0.4) is 0 Å². The molecule has 4 heteroatoms. The van der Waals surface area contributed by atoms with Gasteiger partial charge in [0, 0.05) is 50.6 Å². The van der Waals surface area contributed by atoms with Crippen LogP contribution in [-0.2, 0) is 0 Å². The van der Waals surface area contributed by atoms with E-state index in [1.165, 1.54) is 72.1 Å². The topological polar surface area (TPSA) is 9.72 Å². The van der Waals surface area contributed by atoms with Gasteiger partial charge >= 0.3 is 0 Å². The van der Waals surface area contributed by atoms with E-state index in [1.54, 1.807) is 0 Å². The summed E-state index contributed by atoms with van der Waals surface area (Å²) >= 11 is 0. The van der Waals surface area contributed by atoms with Crippen LogP contribution in [-0.4, -0.2) is 6.71 Å². The monoisotopic (exact) mass is 687 g/mol. The van der Waals surface area contributed by atoms with Crippen molar-refractivity contribution in [1.82, 2.24) is 0 Å². The van der Waals surface area contributed by atoms with E-state index in [1.807, 2.05) is 0 Å². The molecular formula is C50H34BN3. The van der Waals surface area contributed by atoms with Gasteiger partial charge in [0.15, 0.2) is 0 Å². The Bertz CT molecular complexity index is 2820. The molecule has 0 amide bonds. The fraction of sp³-hybridized carbons (Fsp3) is 0.